The molecule has 1 N–H and O–H groups in total. The van der Waals surface area contributed by atoms with Crippen LogP contribution in [-0.4, -0.2) is 11.0 Å². The van der Waals surface area contributed by atoms with Gasteiger partial charge in [0.25, 0.3) is 0 Å². The molecule has 5 rings (SSSR count). The highest BCUT2D eigenvalue weighted by Gasteiger charge is 2.47. The summed E-state index contributed by atoms with van der Waals surface area (Å²) in [4.78, 5) is 17.4. The standard InChI is InChI=1S/C21H16N2O2/c24-21-18-17(13-7-2-1-3-8-13)15-10-6-12-22-20(15)23-19(18)14-9-4-5-11-16(14)25-21/h1-12,17-19H,(H,22,23)/t17-,18+,19-/m1/s1. The minimum absolute atomic E-state index is 0.0861. The van der Waals surface area contributed by atoms with Gasteiger partial charge in [-0.05, 0) is 17.7 Å². The molecule has 0 radical (unpaired) electrons. The average Bonchev–Trinajstić information content (AvgIpc) is 2.67. The van der Waals surface area contributed by atoms with E-state index in [1.54, 1.807) is 6.20 Å². The van der Waals surface area contributed by atoms with Crippen molar-refractivity contribution in [1.82, 2.24) is 4.98 Å². The van der Waals surface area contributed by atoms with Gasteiger partial charge in [0.15, 0.2) is 0 Å². The number of hydrogen-bond donors (Lipinski definition) is 1. The Kier molecular flexibility index (Phi) is 3.10. The highest BCUT2D eigenvalue weighted by atomic mass is 16.5. The number of esters is 1. The maximum absolute atomic E-state index is 12.9. The third kappa shape index (κ3) is 2.14. The summed E-state index contributed by atoms with van der Waals surface area (Å²) < 4.78 is 5.67. The summed E-state index contributed by atoms with van der Waals surface area (Å²) in [6.07, 6.45) is 1.78. The lowest BCUT2D eigenvalue weighted by atomic mass is 9.72. The van der Waals surface area contributed by atoms with E-state index in [0.29, 0.717) is 5.75 Å². The zero-order chi connectivity index (χ0) is 16.8. The van der Waals surface area contributed by atoms with E-state index in [-0.39, 0.29) is 23.8 Å². The van der Waals surface area contributed by atoms with Crippen LogP contribution in [0.3, 0.4) is 0 Å². The van der Waals surface area contributed by atoms with Crippen LogP contribution in [0.5, 0.6) is 5.75 Å². The first-order valence-corrected chi connectivity index (χ1v) is 8.40. The molecule has 0 fully saturated rings. The lowest BCUT2D eigenvalue weighted by molar-refractivity contribution is -0.141. The van der Waals surface area contributed by atoms with Crippen molar-refractivity contribution >= 4 is 11.8 Å². The van der Waals surface area contributed by atoms with Crippen LogP contribution in [0.2, 0.25) is 0 Å². The topological polar surface area (TPSA) is 51.2 Å². The molecule has 3 heterocycles. The van der Waals surface area contributed by atoms with Gasteiger partial charge in [-0.3, -0.25) is 4.79 Å². The van der Waals surface area contributed by atoms with Crippen LogP contribution in [0.1, 0.15) is 28.7 Å². The second kappa shape index (κ2) is 5.45. The first-order chi connectivity index (χ1) is 12.3. The fraction of sp³-hybridized carbons (Fsp3) is 0.143. The largest absolute Gasteiger partial charge is 0.426 e. The van der Waals surface area contributed by atoms with E-state index in [1.807, 2.05) is 54.6 Å². The van der Waals surface area contributed by atoms with E-state index in [2.05, 4.69) is 22.4 Å². The third-order valence-corrected chi connectivity index (χ3v) is 5.08. The van der Waals surface area contributed by atoms with E-state index in [1.165, 1.54) is 0 Å². The zero-order valence-electron chi connectivity index (χ0n) is 13.4. The SMILES string of the molecule is O=C1Oc2ccccc2[C@H]2Nc3ncccc3[C@@H](c3ccccc3)[C@H]12. The molecular weight excluding hydrogens is 312 g/mol. The molecule has 0 unspecified atom stereocenters. The van der Waals surface area contributed by atoms with Crippen molar-refractivity contribution in [2.75, 3.05) is 5.32 Å². The molecule has 3 atom stereocenters. The molecule has 4 heteroatoms. The summed E-state index contributed by atoms with van der Waals surface area (Å²) in [5, 5.41) is 3.47. The van der Waals surface area contributed by atoms with Gasteiger partial charge in [0.1, 0.15) is 11.6 Å². The normalized spacial score (nSPS) is 23.5. The van der Waals surface area contributed by atoms with Crippen molar-refractivity contribution < 1.29 is 9.53 Å². The molecule has 122 valence electrons. The van der Waals surface area contributed by atoms with Gasteiger partial charge in [-0.2, -0.15) is 0 Å². The summed E-state index contributed by atoms with van der Waals surface area (Å²) in [5.74, 6) is 0.861. The number of ether oxygens (including phenoxy) is 1. The molecule has 0 saturated heterocycles. The Morgan fingerprint density at radius 1 is 0.880 bits per heavy atom. The van der Waals surface area contributed by atoms with Crippen LogP contribution in [0, 0.1) is 5.92 Å². The number of fused-ring (bicyclic) bond motifs is 4. The quantitative estimate of drug-likeness (QED) is 0.543. The van der Waals surface area contributed by atoms with Gasteiger partial charge in [0, 0.05) is 23.2 Å². The Hall–Kier alpha value is -3.14. The molecule has 0 spiro atoms. The van der Waals surface area contributed by atoms with E-state index in [4.69, 9.17) is 4.74 Å². The number of para-hydroxylation sites is 1. The molecule has 25 heavy (non-hydrogen) atoms. The highest BCUT2D eigenvalue weighted by Crippen LogP contribution is 2.51. The highest BCUT2D eigenvalue weighted by molar-refractivity contribution is 5.83. The number of anilines is 1. The first-order valence-electron chi connectivity index (χ1n) is 8.40. The van der Waals surface area contributed by atoms with Crippen molar-refractivity contribution in [2.45, 2.75) is 12.0 Å². The lowest BCUT2D eigenvalue weighted by Gasteiger charge is -2.41. The molecule has 1 aromatic heterocycles. The van der Waals surface area contributed by atoms with Gasteiger partial charge in [0.05, 0.1) is 12.0 Å². The van der Waals surface area contributed by atoms with Crippen LogP contribution < -0.4 is 10.1 Å². The Labute approximate surface area is 145 Å². The summed E-state index contributed by atoms with van der Waals surface area (Å²) in [7, 11) is 0. The third-order valence-electron chi connectivity index (χ3n) is 5.08. The lowest BCUT2D eigenvalue weighted by Crippen LogP contribution is -2.42. The molecule has 2 aliphatic heterocycles. The van der Waals surface area contributed by atoms with Crippen LogP contribution in [0.4, 0.5) is 5.82 Å². The fourth-order valence-corrected chi connectivity index (χ4v) is 4.01. The first kappa shape index (κ1) is 14.2. The monoisotopic (exact) mass is 328 g/mol. The van der Waals surface area contributed by atoms with E-state index in [9.17, 15) is 4.79 Å². The number of carbonyl (C=O) groups is 1. The van der Waals surface area contributed by atoms with Gasteiger partial charge < -0.3 is 10.1 Å². The van der Waals surface area contributed by atoms with Gasteiger partial charge in [-0.15, -0.1) is 0 Å². The predicted molar refractivity (Wildman–Crippen MR) is 94.5 cm³/mol. The number of aromatic nitrogens is 1. The van der Waals surface area contributed by atoms with Crippen molar-refractivity contribution in [3.05, 3.63) is 89.6 Å². The van der Waals surface area contributed by atoms with Gasteiger partial charge in [-0.1, -0.05) is 54.6 Å². The van der Waals surface area contributed by atoms with E-state index < -0.39 is 0 Å². The number of nitrogens with one attached hydrogen (secondary N) is 1. The molecule has 0 saturated carbocycles. The van der Waals surface area contributed by atoms with Crippen LogP contribution in [0.25, 0.3) is 0 Å². The fourth-order valence-electron chi connectivity index (χ4n) is 4.01. The van der Waals surface area contributed by atoms with Crippen LogP contribution in [-0.2, 0) is 4.79 Å². The molecule has 2 aliphatic rings. The van der Waals surface area contributed by atoms with Gasteiger partial charge >= 0.3 is 5.97 Å². The van der Waals surface area contributed by atoms with Crippen LogP contribution >= 0.6 is 0 Å². The van der Waals surface area contributed by atoms with Crippen molar-refractivity contribution in [2.24, 2.45) is 5.92 Å². The summed E-state index contributed by atoms with van der Waals surface area (Å²) in [6.45, 7) is 0. The maximum Gasteiger partial charge on any atom is 0.317 e. The maximum atomic E-state index is 12.9. The smallest absolute Gasteiger partial charge is 0.317 e. The molecule has 3 aromatic rings. The van der Waals surface area contributed by atoms with Crippen molar-refractivity contribution in [3.63, 3.8) is 0 Å². The number of nitrogens with zero attached hydrogens (tertiary/aromatic N) is 1. The Morgan fingerprint density at radius 3 is 2.52 bits per heavy atom. The molecule has 0 amide bonds. The van der Waals surface area contributed by atoms with Crippen molar-refractivity contribution in [1.29, 1.82) is 0 Å². The summed E-state index contributed by atoms with van der Waals surface area (Å²) in [5.41, 5.74) is 3.14. The zero-order valence-corrected chi connectivity index (χ0v) is 13.4. The van der Waals surface area contributed by atoms with Crippen LogP contribution in [0.15, 0.2) is 72.9 Å². The summed E-state index contributed by atoms with van der Waals surface area (Å²) >= 11 is 0. The Balaban J connectivity index is 1.74. The number of benzene rings is 2. The molecule has 0 bridgehead atoms. The number of carbonyl (C=O) groups excluding carboxylic acids is 1. The predicted octanol–water partition coefficient (Wildman–Crippen LogP) is 3.92. The minimum atomic E-state index is -0.325. The van der Waals surface area contributed by atoms with E-state index in [0.717, 1.165) is 22.5 Å². The van der Waals surface area contributed by atoms with Crippen molar-refractivity contribution in [3.8, 4) is 5.75 Å². The number of pyridine rings is 1. The Morgan fingerprint density at radius 2 is 1.64 bits per heavy atom. The number of rotatable bonds is 1. The number of hydrogen-bond acceptors (Lipinski definition) is 4. The second-order valence-corrected chi connectivity index (χ2v) is 6.44. The molecular formula is C21H16N2O2. The molecule has 2 aromatic carbocycles. The minimum Gasteiger partial charge on any atom is -0.426 e. The summed E-state index contributed by atoms with van der Waals surface area (Å²) in [6, 6.07) is 21.7. The van der Waals surface area contributed by atoms with E-state index >= 15 is 0 Å². The Bertz CT molecular complexity index is 955. The van der Waals surface area contributed by atoms with Gasteiger partial charge in [0.2, 0.25) is 0 Å². The second-order valence-electron chi connectivity index (χ2n) is 6.44. The molecule has 4 nitrogen and oxygen atoms in total. The average molecular weight is 328 g/mol. The van der Waals surface area contributed by atoms with Gasteiger partial charge in [-0.25, -0.2) is 4.98 Å². The molecule has 0 aliphatic carbocycles.